The molecule has 1 saturated heterocycles. The van der Waals surface area contributed by atoms with Crippen LogP contribution in [0, 0.1) is 5.41 Å². The van der Waals surface area contributed by atoms with Crippen LogP contribution in [-0.2, 0) is 6.54 Å². The number of amides is 1. The van der Waals surface area contributed by atoms with Gasteiger partial charge in [0, 0.05) is 35.8 Å². The molecule has 1 aliphatic rings. The summed E-state index contributed by atoms with van der Waals surface area (Å²) < 4.78 is 1.41. The van der Waals surface area contributed by atoms with E-state index in [0.717, 1.165) is 0 Å². The van der Waals surface area contributed by atoms with Crippen LogP contribution in [0.2, 0.25) is 5.02 Å². The fourth-order valence-corrected chi connectivity index (χ4v) is 2.86. The number of rotatable bonds is 2. The van der Waals surface area contributed by atoms with Crippen molar-refractivity contribution in [3.63, 3.8) is 0 Å². The Labute approximate surface area is 127 Å². The van der Waals surface area contributed by atoms with Gasteiger partial charge in [0.25, 0.3) is 5.56 Å². The Hall–Kier alpha value is -1.53. The quantitative estimate of drug-likeness (QED) is 0.869. The second-order valence-corrected chi connectivity index (χ2v) is 6.62. The molecule has 0 radical (unpaired) electrons. The van der Waals surface area contributed by atoms with E-state index in [4.69, 9.17) is 16.7 Å². The average Bonchev–Trinajstić information content (AvgIpc) is 2.36. The van der Waals surface area contributed by atoms with Crippen molar-refractivity contribution in [2.45, 2.75) is 32.4 Å². The maximum Gasteiger partial charge on any atom is 0.407 e. The van der Waals surface area contributed by atoms with E-state index < -0.39 is 17.1 Å². The molecule has 0 aliphatic carbocycles. The number of piperidine rings is 1. The van der Waals surface area contributed by atoms with Gasteiger partial charge in [-0.2, -0.15) is 0 Å². The number of hydrogen-bond donors (Lipinski definition) is 2. The third kappa shape index (κ3) is 3.06. The second kappa shape index (κ2) is 5.35. The normalized spacial score (nSPS) is 24.9. The number of pyridine rings is 1. The van der Waals surface area contributed by atoms with Crippen molar-refractivity contribution in [2.75, 3.05) is 13.1 Å². The molecule has 1 aromatic rings. The number of aliphatic hydroxyl groups is 1. The highest BCUT2D eigenvalue weighted by atomic mass is 35.5. The molecule has 2 rings (SSSR count). The summed E-state index contributed by atoms with van der Waals surface area (Å²) in [5.41, 5.74) is -2.10. The van der Waals surface area contributed by atoms with Crippen LogP contribution in [-0.4, -0.2) is 44.5 Å². The number of carbonyl (C=O) groups is 1. The number of aromatic nitrogens is 1. The first kappa shape index (κ1) is 15.9. The van der Waals surface area contributed by atoms with Crippen molar-refractivity contribution in [3.8, 4) is 0 Å². The highest BCUT2D eigenvalue weighted by molar-refractivity contribution is 6.30. The number of halogens is 1. The van der Waals surface area contributed by atoms with Gasteiger partial charge in [0.1, 0.15) is 0 Å². The van der Waals surface area contributed by atoms with Crippen LogP contribution in [0.3, 0.4) is 0 Å². The highest BCUT2D eigenvalue weighted by Gasteiger charge is 2.48. The maximum atomic E-state index is 11.9. The number of hydrogen-bond acceptors (Lipinski definition) is 3. The minimum atomic E-state index is -1.16. The van der Waals surface area contributed by atoms with Crippen molar-refractivity contribution in [1.29, 1.82) is 0 Å². The number of carboxylic acid groups (broad SMARTS) is 1. The molecular weight excluding hydrogens is 296 g/mol. The summed E-state index contributed by atoms with van der Waals surface area (Å²) in [6, 6.07) is 2.88. The molecule has 1 fully saturated rings. The lowest BCUT2D eigenvalue weighted by Crippen LogP contribution is -2.60. The minimum Gasteiger partial charge on any atom is -0.465 e. The van der Waals surface area contributed by atoms with E-state index in [1.807, 2.05) is 13.8 Å². The van der Waals surface area contributed by atoms with Gasteiger partial charge >= 0.3 is 6.09 Å². The van der Waals surface area contributed by atoms with Crippen molar-refractivity contribution in [1.82, 2.24) is 9.47 Å². The molecule has 1 atom stereocenters. The summed E-state index contributed by atoms with van der Waals surface area (Å²) in [4.78, 5) is 24.3. The van der Waals surface area contributed by atoms with Gasteiger partial charge in [-0.15, -0.1) is 0 Å². The van der Waals surface area contributed by atoms with Crippen molar-refractivity contribution >= 4 is 17.7 Å². The predicted molar refractivity (Wildman–Crippen MR) is 78.7 cm³/mol. The smallest absolute Gasteiger partial charge is 0.407 e. The van der Waals surface area contributed by atoms with Gasteiger partial charge in [0.05, 0.1) is 12.1 Å². The molecule has 1 aliphatic heterocycles. The SMILES string of the molecule is CC1(C)CN(C(=O)O)CC[C@@]1(O)Cn1ccc(Cl)cc1=O. The van der Waals surface area contributed by atoms with Gasteiger partial charge in [-0.25, -0.2) is 4.79 Å². The first-order chi connectivity index (χ1) is 9.64. The molecule has 6 nitrogen and oxygen atoms in total. The molecule has 116 valence electrons. The first-order valence-corrected chi connectivity index (χ1v) is 7.09. The van der Waals surface area contributed by atoms with Gasteiger partial charge in [-0.1, -0.05) is 25.4 Å². The van der Waals surface area contributed by atoms with Crippen LogP contribution in [0.4, 0.5) is 4.79 Å². The molecule has 7 heteroatoms. The summed E-state index contributed by atoms with van der Waals surface area (Å²) in [6.07, 6.45) is 0.831. The Balaban J connectivity index is 2.26. The number of likely N-dealkylation sites (tertiary alicyclic amines) is 1. The van der Waals surface area contributed by atoms with E-state index in [-0.39, 0.29) is 31.6 Å². The molecule has 0 aromatic carbocycles. The van der Waals surface area contributed by atoms with E-state index in [1.165, 1.54) is 15.5 Å². The summed E-state index contributed by atoms with van der Waals surface area (Å²) in [5.74, 6) is 0. The van der Waals surface area contributed by atoms with Gasteiger partial charge in [0.15, 0.2) is 0 Å². The zero-order chi connectivity index (χ0) is 15.8. The second-order valence-electron chi connectivity index (χ2n) is 6.18. The third-order valence-corrected chi connectivity index (χ3v) is 4.54. The Kier molecular flexibility index (Phi) is 4.04. The van der Waals surface area contributed by atoms with Crippen LogP contribution in [0.5, 0.6) is 0 Å². The van der Waals surface area contributed by atoms with Crippen LogP contribution >= 0.6 is 11.6 Å². The zero-order valence-corrected chi connectivity index (χ0v) is 12.8. The van der Waals surface area contributed by atoms with E-state index in [2.05, 4.69) is 0 Å². The molecule has 0 bridgehead atoms. The van der Waals surface area contributed by atoms with Crippen LogP contribution < -0.4 is 5.56 Å². The van der Waals surface area contributed by atoms with Crippen molar-refractivity contribution in [3.05, 3.63) is 33.7 Å². The molecule has 0 unspecified atom stereocenters. The summed E-state index contributed by atoms with van der Waals surface area (Å²) in [5, 5.41) is 20.4. The fraction of sp³-hybridized carbons (Fsp3) is 0.571. The largest absolute Gasteiger partial charge is 0.465 e. The number of nitrogens with zero attached hydrogens (tertiary/aromatic N) is 2. The monoisotopic (exact) mass is 314 g/mol. The third-order valence-electron chi connectivity index (χ3n) is 4.30. The standard InChI is InChI=1S/C14H19ClN2O4/c1-13(2)8-17(12(19)20)6-4-14(13,21)9-16-5-3-10(15)7-11(16)18/h3,5,7,21H,4,6,8-9H2,1-2H3,(H,19,20)/t14-/m1/s1. The van der Waals surface area contributed by atoms with Gasteiger partial charge in [-0.05, 0) is 12.5 Å². The van der Waals surface area contributed by atoms with E-state index in [1.54, 1.807) is 12.3 Å². The zero-order valence-electron chi connectivity index (χ0n) is 12.0. The van der Waals surface area contributed by atoms with E-state index in [0.29, 0.717) is 5.02 Å². The lowest BCUT2D eigenvalue weighted by atomic mass is 9.70. The lowest BCUT2D eigenvalue weighted by molar-refractivity contribution is -0.123. The molecule has 1 aromatic heterocycles. The molecular formula is C14H19ClN2O4. The van der Waals surface area contributed by atoms with Crippen molar-refractivity contribution in [2.24, 2.45) is 5.41 Å². The Morgan fingerprint density at radius 3 is 2.67 bits per heavy atom. The Bertz CT molecular complexity index is 613. The highest BCUT2D eigenvalue weighted by Crippen LogP contribution is 2.39. The lowest BCUT2D eigenvalue weighted by Gasteiger charge is -2.49. The maximum absolute atomic E-state index is 11.9. The predicted octanol–water partition coefficient (Wildman–Crippen LogP) is 1.64. The fourth-order valence-electron chi connectivity index (χ4n) is 2.71. The molecule has 2 heterocycles. The molecule has 2 N–H and O–H groups in total. The van der Waals surface area contributed by atoms with E-state index >= 15 is 0 Å². The first-order valence-electron chi connectivity index (χ1n) is 6.71. The van der Waals surface area contributed by atoms with Crippen molar-refractivity contribution < 1.29 is 15.0 Å². The van der Waals surface area contributed by atoms with Gasteiger partial charge < -0.3 is 19.7 Å². The van der Waals surface area contributed by atoms with E-state index in [9.17, 15) is 14.7 Å². The van der Waals surface area contributed by atoms with Gasteiger partial charge in [0.2, 0.25) is 0 Å². The average molecular weight is 315 g/mol. The Morgan fingerprint density at radius 1 is 1.48 bits per heavy atom. The topological polar surface area (TPSA) is 82.8 Å². The molecule has 0 spiro atoms. The molecule has 1 amide bonds. The minimum absolute atomic E-state index is 0.115. The van der Waals surface area contributed by atoms with Gasteiger partial charge in [-0.3, -0.25) is 4.79 Å². The van der Waals surface area contributed by atoms with Crippen LogP contribution in [0.25, 0.3) is 0 Å². The molecule has 21 heavy (non-hydrogen) atoms. The Morgan fingerprint density at radius 2 is 2.14 bits per heavy atom. The summed E-state index contributed by atoms with van der Waals surface area (Å²) in [7, 11) is 0. The van der Waals surface area contributed by atoms with Crippen LogP contribution in [0.15, 0.2) is 23.1 Å². The summed E-state index contributed by atoms with van der Waals surface area (Å²) >= 11 is 5.76. The molecule has 0 saturated carbocycles. The summed E-state index contributed by atoms with van der Waals surface area (Å²) in [6.45, 7) is 4.20. The van der Waals surface area contributed by atoms with Crippen LogP contribution in [0.1, 0.15) is 20.3 Å².